The number of carbonyl (C=O) groups excluding carboxylic acids is 1. The third kappa shape index (κ3) is 6.58. The highest BCUT2D eigenvalue weighted by Gasteiger charge is 2.16. The number of carbonyl (C=O) groups is 1. The van der Waals surface area contributed by atoms with Gasteiger partial charge in [0, 0.05) is 36.4 Å². The van der Waals surface area contributed by atoms with Crippen molar-refractivity contribution in [2.45, 2.75) is 51.6 Å². The van der Waals surface area contributed by atoms with Gasteiger partial charge < -0.3 is 5.32 Å². The summed E-state index contributed by atoms with van der Waals surface area (Å²) < 4.78 is 27.6. The summed E-state index contributed by atoms with van der Waals surface area (Å²) in [7, 11) is -3.70. The average molecular weight is 418 g/mol. The maximum absolute atomic E-state index is 12.5. The fourth-order valence-corrected chi connectivity index (χ4v) is 4.19. The third-order valence-electron chi connectivity index (χ3n) is 4.71. The molecule has 7 heteroatoms. The second-order valence-corrected chi connectivity index (χ2v) is 9.36. The van der Waals surface area contributed by atoms with E-state index in [1.54, 1.807) is 12.1 Å². The summed E-state index contributed by atoms with van der Waals surface area (Å²) >= 11 is 0. The number of anilines is 1. The van der Waals surface area contributed by atoms with Crippen molar-refractivity contribution >= 4 is 21.6 Å². The van der Waals surface area contributed by atoms with E-state index in [2.05, 4.69) is 42.6 Å². The summed E-state index contributed by atoms with van der Waals surface area (Å²) in [4.78, 5) is 14.8. The van der Waals surface area contributed by atoms with Crippen LogP contribution in [0.2, 0.25) is 0 Å². The SMILES string of the molecule is Cc1ccc(NS(=O)(=O)c2ccc(C(=O)NCCN(C(C)C)C(C)C)cc2)cc1. The molecule has 2 N–H and O–H groups in total. The predicted molar refractivity (Wildman–Crippen MR) is 118 cm³/mol. The van der Waals surface area contributed by atoms with Gasteiger partial charge in [0.25, 0.3) is 15.9 Å². The molecule has 29 heavy (non-hydrogen) atoms. The van der Waals surface area contributed by atoms with Crippen molar-refractivity contribution in [1.29, 1.82) is 0 Å². The number of hydrogen-bond donors (Lipinski definition) is 2. The smallest absolute Gasteiger partial charge is 0.261 e. The number of nitrogens with zero attached hydrogens (tertiary/aromatic N) is 1. The van der Waals surface area contributed by atoms with E-state index in [9.17, 15) is 13.2 Å². The van der Waals surface area contributed by atoms with E-state index >= 15 is 0 Å². The first-order valence-corrected chi connectivity index (χ1v) is 11.3. The minimum absolute atomic E-state index is 0.111. The molecule has 2 aromatic carbocycles. The molecule has 0 aliphatic rings. The Bertz CT molecular complexity index is 897. The van der Waals surface area contributed by atoms with Crippen LogP contribution in [-0.4, -0.2) is 44.4 Å². The van der Waals surface area contributed by atoms with Crippen molar-refractivity contribution in [3.8, 4) is 0 Å². The minimum atomic E-state index is -3.70. The van der Waals surface area contributed by atoms with Crippen LogP contribution in [0.3, 0.4) is 0 Å². The normalized spacial score (nSPS) is 11.9. The topological polar surface area (TPSA) is 78.5 Å². The van der Waals surface area contributed by atoms with Crippen LogP contribution in [0.15, 0.2) is 53.4 Å². The van der Waals surface area contributed by atoms with Gasteiger partial charge in [0.15, 0.2) is 0 Å². The van der Waals surface area contributed by atoms with Crippen LogP contribution in [0.25, 0.3) is 0 Å². The lowest BCUT2D eigenvalue weighted by Gasteiger charge is -2.30. The van der Waals surface area contributed by atoms with E-state index in [1.807, 2.05) is 19.1 Å². The van der Waals surface area contributed by atoms with E-state index < -0.39 is 10.0 Å². The van der Waals surface area contributed by atoms with E-state index in [0.29, 0.717) is 29.9 Å². The molecule has 0 aliphatic heterocycles. The van der Waals surface area contributed by atoms with E-state index in [0.717, 1.165) is 12.1 Å². The zero-order valence-corrected chi connectivity index (χ0v) is 18.6. The average Bonchev–Trinajstić information content (AvgIpc) is 2.66. The minimum Gasteiger partial charge on any atom is -0.351 e. The largest absolute Gasteiger partial charge is 0.351 e. The van der Waals surface area contributed by atoms with Crippen LogP contribution in [0.5, 0.6) is 0 Å². The predicted octanol–water partition coefficient (Wildman–Crippen LogP) is 3.64. The first kappa shape index (κ1) is 22.9. The molecule has 0 aromatic heterocycles. The standard InChI is InChI=1S/C22H31N3O3S/c1-16(2)25(17(3)4)15-14-23-22(26)19-8-12-21(13-9-19)29(27,28)24-20-10-6-18(5)7-11-20/h6-13,16-17,24H,14-15H2,1-5H3,(H,23,26). The van der Waals surface area contributed by atoms with Gasteiger partial charge in [0.1, 0.15) is 0 Å². The lowest BCUT2D eigenvalue weighted by Crippen LogP contribution is -2.42. The molecule has 0 saturated carbocycles. The maximum Gasteiger partial charge on any atom is 0.261 e. The number of hydrogen-bond acceptors (Lipinski definition) is 4. The molecule has 0 heterocycles. The number of amides is 1. The van der Waals surface area contributed by atoms with Crippen LogP contribution < -0.4 is 10.0 Å². The van der Waals surface area contributed by atoms with E-state index in [1.165, 1.54) is 24.3 Å². The van der Waals surface area contributed by atoms with E-state index in [4.69, 9.17) is 0 Å². The summed E-state index contributed by atoms with van der Waals surface area (Å²) in [6, 6.07) is 13.9. The lowest BCUT2D eigenvalue weighted by molar-refractivity contribution is 0.0939. The third-order valence-corrected chi connectivity index (χ3v) is 6.11. The van der Waals surface area contributed by atoms with Gasteiger partial charge in [0.2, 0.25) is 0 Å². The zero-order chi connectivity index (χ0) is 21.6. The van der Waals surface area contributed by atoms with Crippen LogP contribution in [0.1, 0.15) is 43.6 Å². The van der Waals surface area contributed by atoms with Gasteiger partial charge in [-0.25, -0.2) is 8.42 Å². The van der Waals surface area contributed by atoms with Crippen molar-refractivity contribution in [3.63, 3.8) is 0 Å². The lowest BCUT2D eigenvalue weighted by atomic mass is 10.2. The number of nitrogens with one attached hydrogen (secondary N) is 2. The monoisotopic (exact) mass is 417 g/mol. The fraction of sp³-hybridized carbons (Fsp3) is 0.409. The Balaban J connectivity index is 1.98. The molecule has 0 radical (unpaired) electrons. The van der Waals surface area contributed by atoms with Gasteiger partial charge in [0.05, 0.1) is 4.90 Å². The quantitative estimate of drug-likeness (QED) is 0.653. The van der Waals surface area contributed by atoms with Crippen LogP contribution in [0, 0.1) is 6.92 Å². The molecule has 0 unspecified atom stereocenters. The fourth-order valence-electron chi connectivity index (χ4n) is 3.13. The highest BCUT2D eigenvalue weighted by atomic mass is 32.2. The molecule has 0 saturated heterocycles. The van der Waals surface area contributed by atoms with Crippen molar-refractivity contribution in [2.75, 3.05) is 17.8 Å². The van der Waals surface area contributed by atoms with Crippen molar-refractivity contribution < 1.29 is 13.2 Å². The highest BCUT2D eigenvalue weighted by Crippen LogP contribution is 2.17. The Morgan fingerprint density at radius 3 is 2.00 bits per heavy atom. The molecule has 158 valence electrons. The molecule has 6 nitrogen and oxygen atoms in total. The second-order valence-electron chi connectivity index (χ2n) is 7.68. The molecule has 0 fully saturated rings. The Morgan fingerprint density at radius 2 is 1.48 bits per heavy atom. The van der Waals surface area contributed by atoms with Crippen LogP contribution >= 0.6 is 0 Å². The summed E-state index contributed by atoms with van der Waals surface area (Å²) in [6.45, 7) is 11.7. The molecule has 0 bridgehead atoms. The molecule has 2 aromatic rings. The second kappa shape index (κ2) is 9.89. The highest BCUT2D eigenvalue weighted by molar-refractivity contribution is 7.92. The Labute approximate surface area is 174 Å². The molecule has 0 atom stereocenters. The Hall–Kier alpha value is -2.38. The van der Waals surface area contributed by atoms with Crippen molar-refractivity contribution in [3.05, 3.63) is 59.7 Å². The molecule has 0 aliphatic carbocycles. The first-order valence-electron chi connectivity index (χ1n) is 9.83. The Kier molecular flexibility index (Phi) is 7.81. The zero-order valence-electron chi connectivity index (χ0n) is 17.8. The summed E-state index contributed by atoms with van der Waals surface area (Å²) in [5.41, 5.74) is 1.98. The first-order chi connectivity index (χ1) is 13.6. The molecule has 0 spiro atoms. The molecule has 1 amide bonds. The number of aryl methyl sites for hydroxylation is 1. The van der Waals surface area contributed by atoms with Gasteiger partial charge >= 0.3 is 0 Å². The van der Waals surface area contributed by atoms with E-state index in [-0.39, 0.29) is 10.8 Å². The van der Waals surface area contributed by atoms with Gasteiger partial charge in [-0.15, -0.1) is 0 Å². The number of sulfonamides is 1. The van der Waals surface area contributed by atoms with Crippen molar-refractivity contribution in [2.24, 2.45) is 0 Å². The van der Waals surface area contributed by atoms with Crippen molar-refractivity contribution in [1.82, 2.24) is 10.2 Å². The molecular weight excluding hydrogens is 386 g/mol. The van der Waals surface area contributed by atoms with Gasteiger partial charge in [-0.05, 0) is 71.0 Å². The maximum atomic E-state index is 12.5. The summed E-state index contributed by atoms with van der Waals surface area (Å²) in [6.07, 6.45) is 0. The number of rotatable bonds is 9. The Morgan fingerprint density at radius 1 is 0.931 bits per heavy atom. The van der Waals surface area contributed by atoms with Gasteiger partial charge in [-0.3, -0.25) is 14.4 Å². The molecule has 2 rings (SSSR count). The van der Waals surface area contributed by atoms with Gasteiger partial charge in [-0.2, -0.15) is 0 Å². The summed E-state index contributed by atoms with van der Waals surface area (Å²) in [5.74, 6) is -0.215. The number of benzene rings is 2. The summed E-state index contributed by atoms with van der Waals surface area (Å²) in [5, 5.41) is 2.90. The molecular formula is C22H31N3O3S. The van der Waals surface area contributed by atoms with Gasteiger partial charge in [-0.1, -0.05) is 17.7 Å². The van der Waals surface area contributed by atoms with Crippen LogP contribution in [-0.2, 0) is 10.0 Å². The van der Waals surface area contributed by atoms with Crippen LogP contribution in [0.4, 0.5) is 5.69 Å².